The van der Waals surface area contributed by atoms with Crippen molar-refractivity contribution in [3.63, 3.8) is 0 Å². The molecule has 21 heavy (non-hydrogen) atoms. The van der Waals surface area contributed by atoms with Crippen molar-refractivity contribution in [1.82, 2.24) is 0 Å². The Morgan fingerprint density at radius 3 is 2.43 bits per heavy atom. The fourth-order valence-electron chi connectivity index (χ4n) is 2.26. The van der Waals surface area contributed by atoms with Gasteiger partial charge in [0.15, 0.2) is 0 Å². The monoisotopic (exact) mass is 280 g/mol. The van der Waals surface area contributed by atoms with E-state index in [9.17, 15) is 5.11 Å². The van der Waals surface area contributed by atoms with Crippen molar-refractivity contribution in [1.29, 1.82) is 0 Å². The normalized spacial score (nSPS) is 12.0. The number of phenols is 1. The van der Waals surface area contributed by atoms with Gasteiger partial charge in [-0.1, -0.05) is 75.4 Å². The summed E-state index contributed by atoms with van der Waals surface area (Å²) in [5, 5.41) is 10.0. The molecule has 0 saturated carbocycles. The van der Waals surface area contributed by atoms with E-state index in [0.29, 0.717) is 5.75 Å². The van der Waals surface area contributed by atoms with Crippen LogP contribution in [0.1, 0.15) is 43.9 Å². The predicted octanol–water partition coefficient (Wildman–Crippen LogP) is 5.34. The highest BCUT2D eigenvalue weighted by Gasteiger charge is 2.18. The van der Waals surface area contributed by atoms with Gasteiger partial charge in [0.2, 0.25) is 0 Å². The van der Waals surface area contributed by atoms with Gasteiger partial charge in [0.05, 0.1) is 0 Å². The van der Waals surface area contributed by atoms with Crippen molar-refractivity contribution in [2.75, 3.05) is 0 Å². The third kappa shape index (κ3) is 3.98. The lowest BCUT2D eigenvalue weighted by Gasteiger charge is -2.24. The van der Waals surface area contributed by atoms with E-state index in [-0.39, 0.29) is 5.41 Å². The van der Waals surface area contributed by atoms with Crippen LogP contribution in [0.15, 0.2) is 54.6 Å². The van der Waals surface area contributed by atoms with Crippen LogP contribution in [0.5, 0.6) is 5.75 Å². The van der Waals surface area contributed by atoms with Gasteiger partial charge in [-0.25, -0.2) is 0 Å². The summed E-state index contributed by atoms with van der Waals surface area (Å²) < 4.78 is 0. The topological polar surface area (TPSA) is 20.2 Å². The molecule has 0 heterocycles. The maximum atomic E-state index is 10.0. The molecule has 0 aliphatic carbocycles. The zero-order valence-corrected chi connectivity index (χ0v) is 13.1. The summed E-state index contributed by atoms with van der Waals surface area (Å²) >= 11 is 0. The van der Waals surface area contributed by atoms with Gasteiger partial charge in [0.1, 0.15) is 5.75 Å². The van der Waals surface area contributed by atoms with Crippen LogP contribution in [0.2, 0.25) is 0 Å². The van der Waals surface area contributed by atoms with Gasteiger partial charge in [0.25, 0.3) is 0 Å². The Morgan fingerprint density at radius 1 is 1.05 bits per heavy atom. The molecule has 0 aliphatic rings. The van der Waals surface area contributed by atoms with Crippen molar-refractivity contribution in [2.24, 2.45) is 0 Å². The summed E-state index contributed by atoms with van der Waals surface area (Å²) in [5.74, 6) is 0.378. The molecule has 0 atom stereocenters. The van der Waals surface area contributed by atoms with Crippen LogP contribution in [0.4, 0.5) is 0 Å². The average molecular weight is 280 g/mol. The van der Waals surface area contributed by atoms with Crippen LogP contribution in [-0.4, -0.2) is 5.11 Å². The third-order valence-corrected chi connectivity index (χ3v) is 4.19. The summed E-state index contributed by atoms with van der Waals surface area (Å²) in [6, 6.07) is 16.2. The molecule has 0 amide bonds. The van der Waals surface area contributed by atoms with Gasteiger partial charge >= 0.3 is 0 Å². The maximum Gasteiger partial charge on any atom is 0.119 e. The average Bonchev–Trinajstić information content (AvgIpc) is 2.50. The quantitative estimate of drug-likeness (QED) is 0.784. The first kappa shape index (κ1) is 15.4. The maximum absolute atomic E-state index is 10.0. The number of hydrogen-bond donors (Lipinski definition) is 1. The molecular weight excluding hydrogens is 256 g/mol. The smallest absolute Gasteiger partial charge is 0.119 e. The Bertz CT molecular complexity index is 609. The fourth-order valence-corrected chi connectivity index (χ4v) is 2.26. The molecule has 0 aliphatic heterocycles. The number of hydrogen-bond acceptors (Lipinski definition) is 1. The molecular formula is C20H24O. The van der Waals surface area contributed by atoms with Crippen molar-refractivity contribution < 1.29 is 5.11 Å². The Labute approximate surface area is 128 Å². The Balaban J connectivity index is 2.16. The minimum absolute atomic E-state index is 0.144. The van der Waals surface area contributed by atoms with Crippen LogP contribution < -0.4 is 0 Å². The van der Waals surface area contributed by atoms with Crippen molar-refractivity contribution in [3.05, 3.63) is 71.3 Å². The van der Waals surface area contributed by atoms with Gasteiger partial charge < -0.3 is 5.11 Å². The summed E-state index contributed by atoms with van der Waals surface area (Å²) in [7, 11) is 0. The second-order valence-electron chi connectivity index (χ2n) is 6.10. The molecule has 110 valence electrons. The minimum Gasteiger partial charge on any atom is -0.508 e. The fraction of sp³-hybridized carbons (Fsp3) is 0.300. The molecule has 1 nitrogen and oxygen atoms in total. The predicted molar refractivity (Wildman–Crippen MR) is 90.6 cm³/mol. The van der Waals surface area contributed by atoms with Gasteiger partial charge in [-0.3, -0.25) is 0 Å². The largest absolute Gasteiger partial charge is 0.508 e. The summed E-state index contributed by atoms with van der Waals surface area (Å²) in [4.78, 5) is 0. The molecule has 0 spiro atoms. The summed E-state index contributed by atoms with van der Waals surface area (Å²) in [6.45, 7) is 6.67. The third-order valence-electron chi connectivity index (χ3n) is 4.19. The zero-order valence-electron chi connectivity index (χ0n) is 13.1. The first-order chi connectivity index (χ1) is 10.0. The molecule has 0 radical (unpaired) electrons. The summed E-state index contributed by atoms with van der Waals surface area (Å²) in [6.07, 6.45) is 6.02. The standard InChI is InChI=1S/C20H24O/c1-4-20(2,3)18-13-14-19(21)17(15-18)12-8-11-16-9-6-5-7-10-16/h5-11,13-15,21H,4,12H2,1-3H3/b11-8+. The molecule has 0 saturated heterocycles. The lowest BCUT2D eigenvalue weighted by Crippen LogP contribution is -2.15. The van der Waals surface area contributed by atoms with Gasteiger partial charge in [-0.2, -0.15) is 0 Å². The number of aromatic hydroxyl groups is 1. The van der Waals surface area contributed by atoms with Crippen molar-refractivity contribution in [3.8, 4) is 5.75 Å². The van der Waals surface area contributed by atoms with Crippen LogP contribution in [0.3, 0.4) is 0 Å². The van der Waals surface area contributed by atoms with Crippen LogP contribution >= 0.6 is 0 Å². The molecule has 0 fully saturated rings. The van der Waals surface area contributed by atoms with E-state index < -0.39 is 0 Å². The lowest BCUT2D eigenvalue weighted by molar-refractivity contribution is 0.465. The van der Waals surface area contributed by atoms with E-state index in [1.165, 1.54) is 11.1 Å². The van der Waals surface area contributed by atoms with E-state index in [4.69, 9.17) is 0 Å². The van der Waals surface area contributed by atoms with Gasteiger partial charge in [-0.15, -0.1) is 0 Å². The summed E-state index contributed by atoms with van der Waals surface area (Å²) in [5.41, 5.74) is 3.60. The van der Waals surface area contributed by atoms with E-state index in [1.54, 1.807) is 0 Å². The zero-order chi connectivity index (χ0) is 15.3. The number of benzene rings is 2. The van der Waals surface area contributed by atoms with Gasteiger partial charge in [-0.05, 0) is 41.0 Å². The Morgan fingerprint density at radius 2 is 1.76 bits per heavy atom. The molecule has 0 bridgehead atoms. The molecule has 0 aromatic heterocycles. The number of rotatable bonds is 5. The Kier molecular flexibility index (Phi) is 4.85. The second-order valence-corrected chi connectivity index (χ2v) is 6.10. The Hall–Kier alpha value is -2.02. The van der Waals surface area contributed by atoms with E-state index in [0.717, 1.165) is 18.4 Å². The van der Waals surface area contributed by atoms with Gasteiger partial charge in [0, 0.05) is 0 Å². The highest BCUT2D eigenvalue weighted by atomic mass is 16.3. The van der Waals surface area contributed by atoms with Crippen LogP contribution in [-0.2, 0) is 11.8 Å². The first-order valence-corrected chi connectivity index (χ1v) is 7.57. The lowest BCUT2D eigenvalue weighted by atomic mass is 9.81. The van der Waals surface area contributed by atoms with Crippen molar-refractivity contribution >= 4 is 6.08 Å². The van der Waals surface area contributed by atoms with Crippen LogP contribution in [0.25, 0.3) is 6.08 Å². The highest BCUT2D eigenvalue weighted by molar-refractivity contribution is 5.50. The minimum atomic E-state index is 0.144. The first-order valence-electron chi connectivity index (χ1n) is 7.57. The molecule has 2 rings (SSSR count). The van der Waals surface area contributed by atoms with Crippen LogP contribution in [0, 0.1) is 0 Å². The van der Waals surface area contributed by atoms with E-state index >= 15 is 0 Å². The molecule has 0 unspecified atom stereocenters. The molecule has 1 heteroatoms. The molecule has 2 aromatic carbocycles. The number of allylic oxidation sites excluding steroid dienone is 1. The molecule has 1 N–H and O–H groups in total. The van der Waals surface area contributed by atoms with E-state index in [2.05, 4.69) is 51.1 Å². The second kappa shape index (κ2) is 6.62. The van der Waals surface area contributed by atoms with E-state index in [1.807, 2.05) is 30.3 Å². The molecule has 2 aromatic rings. The highest BCUT2D eigenvalue weighted by Crippen LogP contribution is 2.30. The number of phenolic OH excluding ortho intramolecular Hbond substituents is 1. The SMILES string of the molecule is CCC(C)(C)c1ccc(O)c(C/C=C/c2ccccc2)c1. The van der Waals surface area contributed by atoms with Crippen molar-refractivity contribution in [2.45, 2.75) is 39.0 Å².